The number of carbonyl (C=O) groups is 1. The number of anilines is 1. The maximum Gasteiger partial charge on any atom is 0.384 e. The summed E-state index contributed by atoms with van der Waals surface area (Å²) in [6.45, 7) is 4.12. The summed E-state index contributed by atoms with van der Waals surface area (Å²) in [4.78, 5) is 18.2. The number of nitrogens with zero attached hydrogens (tertiary/aromatic N) is 3. The van der Waals surface area contributed by atoms with Crippen molar-refractivity contribution in [2.24, 2.45) is 0 Å². The van der Waals surface area contributed by atoms with Crippen molar-refractivity contribution in [1.82, 2.24) is 10.1 Å². The molecule has 1 aromatic carbocycles. The predicted octanol–water partition coefficient (Wildman–Crippen LogP) is 6.02. The van der Waals surface area contributed by atoms with Crippen LogP contribution in [0.1, 0.15) is 55.4 Å². The number of pyridine rings is 1. The molecule has 1 aliphatic heterocycles. The van der Waals surface area contributed by atoms with Gasteiger partial charge in [-0.2, -0.15) is 0 Å². The predicted molar refractivity (Wildman–Crippen MR) is 142 cm³/mol. The van der Waals surface area contributed by atoms with Crippen LogP contribution in [0.2, 0.25) is 10.0 Å². The second-order valence-electron chi connectivity index (χ2n) is 9.12. The van der Waals surface area contributed by atoms with E-state index < -0.39 is 5.97 Å². The van der Waals surface area contributed by atoms with Crippen LogP contribution in [0, 0.1) is 11.8 Å². The highest BCUT2D eigenvalue weighted by Gasteiger charge is 2.34. The maximum atomic E-state index is 11.4. The Balaban J connectivity index is 1.20. The second kappa shape index (κ2) is 11.6. The zero-order chi connectivity index (χ0) is 25.8. The van der Waals surface area contributed by atoms with Crippen molar-refractivity contribution in [3.05, 3.63) is 63.5 Å². The van der Waals surface area contributed by atoms with Crippen LogP contribution in [0.25, 0.3) is 11.3 Å². The van der Waals surface area contributed by atoms with Crippen LogP contribution in [0.15, 0.2) is 41.1 Å². The molecular formula is C28H27Cl2N3O4. The lowest BCUT2D eigenvalue weighted by Gasteiger charge is -2.32. The van der Waals surface area contributed by atoms with Crippen LogP contribution < -0.4 is 4.90 Å². The Morgan fingerprint density at radius 3 is 2.54 bits per heavy atom. The molecule has 2 aromatic heterocycles. The average molecular weight is 540 g/mol. The highest BCUT2D eigenvalue weighted by molar-refractivity contribution is 6.39. The van der Waals surface area contributed by atoms with Crippen molar-refractivity contribution in [2.45, 2.75) is 51.2 Å². The van der Waals surface area contributed by atoms with Crippen molar-refractivity contribution in [1.29, 1.82) is 0 Å². The number of benzene rings is 1. The molecule has 0 unspecified atom stereocenters. The third kappa shape index (κ3) is 6.10. The first kappa shape index (κ1) is 25.6. The fourth-order valence-corrected chi connectivity index (χ4v) is 5.01. The van der Waals surface area contributed by atoms with Gasteiger partial charge in [-0.05, 0) is 56.9 Å². The smallest absolute Gasteiger partial charge is 0.384 e. The fraction of sp³-hybridized carbons (Fsp3) is 0.393. The van der Waals surface area contributed by atoms with Gasteiger partial charge in [0.25, 0.3) is 0 Å². The third-order valence-electron chi connectivity index (χ3n) is 6.53. The summed E-state index contributed by atoms with van der Waals surface area (Å²) in [6, 6.07) is 9.22. The van der Waals surface area contributed by atoms with E-state index >= 15 is 0 Å². The van der Waals surface area contributed by atoms with Gasteiger partial charge in [-0.1, -0.05) is 40.3 Å². The molecule has 2 aliphatic rings. The van der Waals surface area contributed by atoms with E-state index in [1.165, 1.54) is 0 Å². The van der Waals surface area contributed by atoms with E-state index in [-0.39, 0.29) is 6.10 Å². The summed E-state index contributed by atoms with van der Waals surface area (Å²) in [6.07, 6.45) is 5.72. The molecule has 0 bridgehead atoms. The number of hydrogen-bond donors (Lipinski definition) is 0. The molecule has 3 heterocycles. The molecule has 192 valence electrons. The third-order valence-corrected chi connectivity index (χ3v) is 7.16. The van der Waals surface area contributed by atoms with Gasteiger partial charge in [0.2, 0.25) is 0 Å². The molecule has 0 N–H and O–H groups in total. The number of halogens is 2. The molecule has 1 saturated carbocycles. The van der Waals surface area contributed by atoms with Crippen molar-refractivity contribution >= 4 is 35.0 Å². The van der Waals surface area contributed by atoms with E-state index in [2.05, 4.69) is 26.9 Å². The molecule has 2 fully saturated rings. The van der Waals surface area contributed by atoms with E-state index in [4.69, 9.17) is 37.2 Å². The molecule has 0 radical (unpaired) electrons. The highest BCUT2D eigenvalue weighted by Crippen LogP contribution is 2.46. The van der Waals surface area contributed by atoms with Crippen LogP contribution in [0.4, 0.5) is 5.82 Å². The first-order chi connectivity index (χ1) is 18.0. The van der Waals surface area contributed by atoms with Crippen molar-refractivity contribution < 1.29 is 18.8 Å². The summed E-state index contributed by atoms with van der Waals surface area (Å²) in [7, 11) is 0. The number of rotatable bonds is 7. The quantitative estimate of drug-likeness (QED) is 0.268. The Labute approximate surface area is 226 Å². The van der Waals surface area contributed by atoms with Gasteiger partial charge in [-0.25, -0.2) is 9.78 Å². The molecule has 37 heavy (non-hydrogen) atoms. The topological polar surface area (TPSA) is 77.7 Å². The fourth-order valence-electron chi connectivity index (χ4n) is 4.44. The van der Waals surface area contributed by atoms with Gasteiger partial charge in [0.05, 0.1) is 29.4 Å². The van der Waals surface area contributed by atoms with Gasteiger partial charge in [0.15, 0.2) is 0 Å². The Bertz CT molecular complexity index is 1300. The minimum Gasteiger partial charge on any atom is -0.456 e. The van der Waals surface area contributed by atoms with E-state index in [0.717, 1.165) is 55.9 Å². The molecule has 5 rings (SSSR count). The Morgan fingerprint density at radius 1 is 1.14 bits per heavy atom. The summed E-state index contributed by atoms with van der Waals surface area (Å²) in [5.74, 6) is 6.86. The summed E-state index contributed by atoms with van der Waals surface area (Å²) >= 11 is 12.9. The van der Waals surface area contributed by atoms with E-state index in [1.54, 1.807) is 13.1 Å². The number of piperidine rings is 1. The first-order valence-electron chi connectivity index (χ1n) is 12.5. The largest absolute Gasteiger partial charge is 0.456 e. The van der Waals surface area contributed by atoms with Gasteiger partial charge in [-0.3, -0.25) is 0 Å². The van der Waals surface area contributed by atoms with Gasteiger partial charge in [0.1, 0.15) is 17.3 Å². The highest BCUT2D eigenvalue weighted by atomic mass is 35.5. The lowest BCUT2D eigenvalue weighted by atomic mass is 10.0. The van der Waals surface area contributed by atoms with Crippen molar-refractivity contribution in [3.8, 4) is 23.1 Å². The number of aromatic nitrogens is 2. The van der Waals surface area contributed by atoms with Gasteiger partial charge in [-0.15, -0.1) is 0 Å². The lowest BCUT2D eigenvalue weighted by molar-refractivity contribution is -0.136. The van der Waals surface area contributed by atoms with Gasteiger partial charge in [0, 0.05) is 47.8 Å². The minimum atomic E-state index is -0.536. The second-order valence-corrected chi connectivity index (χ2v) is 9.93. The van der Waals surface area contributed by atoms with Crippen LogP contribution in [-0.2, 0) is 20.9 Å². The van der Waals surface area contributed by atoms with Crippen molar-refractivity contribution in [2.75, 3.05) is 24.6 Å². The standard InChI is InChI=1S/C28H27Cl2N3O4/c1-2-35-25(34)11-7-18-6-10-24(31-16-18)33-14-12-20(13-15-33)36-17-21-27(32-37-28(21)19-8-9-19)26-22(29)4-3-5-23(26)30/h3-6,10,16,19-20H,2,8-9,12-15,17H2,1H3. The molecule has 1 saturated heterocycles. The van der Waals surface area contributed by atoms with Gasteiger partial charge < -0.3 is 18.9 Å². The average Bonchev–Trinajstić information content (AvgIpc) is 3.67. The Kier molecular flexibility index (Phi) is 7.99. The molecule has 7 nitrogen and oxygen atoms in total. The number of ether oxygens (including phenoxy) is 2. The number of esters is 1. The van der Waals surface area contributed by atoms with E-state index in [0.29, 0.717) is 46.0 Å². The maximum absolute atomic E-state index is 11.4. The monoisotopic (exact) mass is 539 g/mol. The number of hydrogen-bond acceptors (Lipinski definition) is 7. The summed E-state index contributed by atoms with van der Waals surface area (Å²) in [5.41, 5.74) is 2.98. The molecule has 1 aliphatic carbocycles. The van der Waals surface area contributed by atoms with Gasteiger partial charge >= 0.3 is 5.97 Å². The van der Waals surface area contributed by atoms with Crippen molar-refractivity contribution in [3.63, 3.8) is 0 Å². The SMILES string of the molecule is CCOC(=O)C#Cc1ccc(N2CCC(OCc3c(-c4c(Cl)cccc4Cl)noc3C3CC3)CC2)nc1. The van der Waals surface area contributed by atoms with Crippen LogP contribution in [-0.4, -0.2) is 41.9 Å². The lowest BCUT2D eigenvalue weighted by Crippen LogP contribution is -2.37. The van der Waals surface area contributed by atoms with E-state index in [1.807, 2.05) is 30.3 Å². The first-order valence-corrected chi connectivity index (χ1v) is 13.2. The molecule has 0 amide bonds. The minimum absolute atomic E-state index is 0.113. The van der Waals surface area contributed by atoms with Crippen LogP contribution >= 0.6 is 23.2 Å². The molecule has 3 aromatic rings. The van der Waals surface area contributed by atoms with Crippen LogP contribution in [0.5, 0.6) is 0 Å². The molecule has 9 heteroatoms. The molecular weight excluding hydrogens is 513 g/mol. The summed E-state index contributed by atoms with van der Waals surface area (Å²) < 4.78 is 16.9. The Hall–Kier alpha value is -3.05. The van der Waals surface area contributed by atoms with E-state index in [9.17, 15) is 4.79 Å². The zero-order valence-corrected chi connectivity index (χ0v) is 22.0. The summed E-state index contributed by atoms with van der Waals surface area (Å²) in [5, 5.41) is 5.44. The molecule has 0 atom stereocenters. The normalized spacial score (nSPS) is 15.8. The molecule has 0 spiro atoms. The van der Waals surface area contributed by atoms with Crippen LogP contribution in [0.3, 0.4) is 0 Å². The Morgan fingerprint density at radius 2 is 1.89 bits per heavy atom. The number of carbonyl (C=O) groups excluding carboxylic acids is 1. The zero-order valence-electron chi connectivity index (χ0n) is 20.5.